The van der Waals surface area contributed by atoms with E-state index in [9.17, 15) is 0 Å². The molecule has 2 aromatic carbocycles. The lowest BCUT2D eigenvalue weighted by Gasteiger charge is -1.98. The molecule has 1 aromatic heterocycles. The van der Waals surface area contributed by atoms with Crippen molar-refractivity contribution in [3.8, 4) is 0 Å². The summed E-state index contributed by atoms with van der Waals surface area (Å²) in [5, 5.41) is 8.25. The summed E-state index contributed by atoms with van der Waals surface area (Å²) >= 11 is 0. The lowest BCUT2D eigenvalue weighted by Crippen LogP contribution is -2.31. The Morgan fingerprint density at radius 3 is 2.09 bits per heavy atom. The van der Waals surface area contributed by atoms with E-state index in [1.54, 1.807) is 0 Å². The second-order valence-corrected chi connectivity index (χ2v) is 4.83. The summed E-state index contributed by atoms with van der Waals surface area (Å²) < 4.78 is 4.41. The van der Waals surface area contributed by atoms with Gasteiger partial charge in [-0.05, 0) is 11.1 Å². The number of hydrogen-bond acceptors (Lipinski definition) is 2. The van der Waals surface area contributed by atoms with E-state index in [4.69, 9.17) is 9.90 Å². The summed E-state index contributed by atoms with van der Waals surface area (Å²) in [5.74, 6) is 0. The fourth-order valence-corrected chi connectivity index (χ4v) is 2.21. The van der Waals surface area contributed by atoms with Gasteiger partial charge in [0.15, 0.2) is 0 Å². The number of rotatable bonds is 4. The Morgan fingerprint density at radius 1 is 0.955 bits per heavy atom. The largest absolute Gasteiger partial charge is 0.554 e. The average Bonchev–Trinajstić information content (AvgIpc) is 2.97. The Hall–Kier alpha value is -2.88. The van der Waals surface area contributed by atoms with E-state index < -0.39 is 6.47 Å². The first-order valence-corrected chi connectivity index (χ1v) is 7.00. The second kappa shape index (κ2) is 8.42. The van der Waals surface area contributed by atoms with Crippen molar-refractivity contribution in [2.24, 2.45) is 0 Å². The van der Waals surface area contributed by atoms with Crippen molar-refractivity contribution in [1.29, 1.82) is 0 Å². The van der Waals surface area contributed by atoms with Crippen LogP contribution in [0.1, 0.15) is 11.1 Å². The molecule has 4 nitrogen and oxygen atoms in total. The van der Waals surface area contributed by atoms with E-state index >= 15 is 0 Å². The maximum atomic E-state index is 8.25. The number of benzene rings is 2. The molecule has 0 aliphatic rings. The van der Waals surface area contributed by atoms with E-state index in [0.29, 0.717) is 0 Å². The standard InChI is InChI=1S/C17H17N2.CH2O2/c1-3-7-16(8-4-1)13-18-11-12-19(15-18)14-17-9-5-2-6-10-17;2-1-3/h1-12,15H,13-14H2;1H,(H,2,3)/q+1;/p-1. The number of hydrogen-bond donors (Lipinski definition) is 0. The molecule has 0 fully saturated rings. The third kappa shape index (κ3) is 4.90. The van der Waals surface area contributed by atoms with Crippen molar-refractivity contribution in [2.45, 2.75) is 13.1 Å². The topological polar surface area (TPSA) is 48.9 Å². The summed E-state index contributed by atoms with van der Waals surface area (Å²) in [5.41, 5.74) is 2.65. The summed E-state index contributed by atoms with van der Waals surface area (Å²) in [4.78, 5) is 8.25. The van der Waals surface area contributed by atoms with Crippen molar-refractivity contribution in [2.75, 3.05) is 0 Å². The highest BCUT2D eigenvalue weighted by Gasteiger charge is 2.04. The van der Waals surface area contributed by atoms with Gasteiger partial charge in [0.1, 0.15) is 25.5 Å². The molecule has 0 N–H and O–H groups in total. The highest BCUT2D eigenvalue weighted by molar-refractivity contribution is 5.29. The minimum Gasteiger partial charge on any atom is -0.554 e. The molecule has 0 unspecified atom stereocenters. The van der Waals surface area contributed by atoms with E-state index in [2.05, 4.69) is 88.5 Å². The summed E-state index contributed by atoms with van der Waals surface area (Å²) in [7, 11) is 0. The Morgan fingerprint density at radius 2 is 1.50 bits per heavy atom. The van der Waals surface area contributed by atoms with Crippen molar-refractivity contribution >= 4 is 6.47 Å². The molecule has 22 heavy (non-hydrogen) atoms. The van der Waals surface area contributed by atoms with Crippen molar-refractivity contribution in [3.05, 3.63) is 90.5 Å². The molecular weight excluding hydrogens is 276 g/mol. The van der Waals surface area contributed by atoms with Crippen LogP contribution in [-0.2, 0) is 17.9 Å². The average molecular weight is 294 g/mol. The quantitative estimate of drug-likeness (QED) is 0.537. The lowest BCUT2D eigenvalue weighted by atomic mass is 10.2. The van der Waals surface area contributed by atoms with E-state index in [0.717, 1.165) is 13.1 Å². The fourth-order valence-electron chi connectivity index (χ4n) is 2.21. The van der Waals surface area contributed by atoms with Crippen LogP contribution in [0, 0.1) is 0 Å². The Bertz CT molecular complexity index is 623. The Labute approximate surface area is 129 Å². The van der Waals surface area contributed by atoms with Crippen LogP contribution in [0.2, 0.25) is 0 Å². The van der Waals surface area contributed by atoms with Gasteiger partial charge in [0.05, 0.1) is 0 Å². The molecule has 0 aliphatic carbocycles. The van der Waals surface area contributed by atoms with Crippen LogP contribution in [-0.4, -0.2) is 11.0 Å². The summed E-state index contributed by atoms with van der Waals surface area (Å²) in [6.45, 7) is 1.34. The molecule has 0 saturated heterocycles. The molecule has 1 heterocycles. The molecule has 0 amide bonds. The monoisotopic (exact) mass is 294 g/mol. The molecule has 0 bridgehead atoms. The lowest BCUT2D eigenvalue weighted by molar-refractivity contribution is -0.687. The van der Waals surface area contributed by atoms with Gasteiger partial charge in [0.25, 0.3) is 0 Å². The molecule has 3 rings (SSSR count). The number of aromatic nitrogens is 2. The normalized spacial score (nSPS) is 9.64. The second-order valence-electron chi connectivity index (χ2n) is 4.83. The third-order valence-electron chi connectivity index (χ3n) is 3.16. The molecule has 112 valence electrons. The van der Waals surface area contributed by atoms with Crippen LogP contribution >= 0.6 is 0 Å². The van der Waals surface area contributed by atoms with Gasteiger partial charge < -0.3 is 9.90 Å². The molecule has 0 radical (unpaired) electrons. The van der Waals surface area contributed by atoms with Crippen LogP contribution in [0.15, 0.2) is 79.4 Å². The molecule has 3 aromatic rings. The fraction of sp³-hybridized carbons (Fsp3) is 0.111. The van der Waals surface area contributed by atoms with Gasteiger partial charge in [-0.2, -0.15) is 0 Å². The first-order chi connectivity index (χ1) is 10.8. The Kier molecular flexibility index (Phi) is 5.93. The minimum atomic E-state index is -0.500. The minimum absolute atomic E-state index is 0.500. The van der Waals surface area contributed by atoms with Crippen LogP contribution < -0.4 is 9.67 Å². The zero-order valence-corrected chi connectivity index (χ0v) is 12.2. The van der Waals surface area contributed by atoms with Gasteiger partial charge in [-0.25, -0.2) is 9.13 Å². The number of carbonyl (C=O) groups excluding carboxylic acids is 1. The first-order valence-electron chi connectivity index (χ1n) is 7.00. The third-order valence-corrected chi connectivity index (χ3v) is 3.16. The van der Waals surface area contributed by atoms with E-state index in [1.807, 2.05) is 0 Å². The van der Waals surface area contributed by atoms with E-state index in [1.165, 1.54) is 11.1 Å². The van der Waals surface area contributed by atoms with Gasteiger partial charge in [-0.1, -0.05) is 60.7 Å². The SMILES string of the molecule is O=C[O-].c1ccc(Cn2cc[n+](Cc3ccccc3)c2)cc1. The molecule has 0 spiro atoms. The summed E-state index contributed by atoms with van der Waals surface area (Å²) in [6, 6.07) is 21.0. The van der Waals surface area contributed by atoms with Crippen LogP contribution in [0.4, 0.5) is 0 Å². The van der Waals surface area contributed by atoms with Crippen LogP contribution in [0.25, 0.3) is 0 Å². The van der Waals surface area contributed by atoms with Gasteiger partial charge in [0.2, 0.25) is 6.33 Å². The number of nitrogens with zero attached hydrogens (tertiary/aromatic N) is 2. The number of carboxylic acid groups (broad SMARTS) is 1. The highest BCUT2D eigenvalue weighted by Crippen LogP contribution is 2.02. The molecule has 4 heteroatoms. The van der Waals surface area contributed by atoms with Gasteiger partial charge >= 0.3 is 0 Å². The number of carbonyl (C=O) groups is 1. The van der Waals surface area contributed by atoms with Gasteiger partial charge in [-0.15, -0.1) is 0 Å². The first kappa shape index (κ1) is 15.5. The van der Waals surface area contributed by atoms with E-state index in [-0.39, 0.29) is 0 Å². The maximum absolute atomic E-state index is 8.25. The Balaban J connectivity index is 0.000000545. The van der Waals surface area contributed by atoms with Crippen molar-refractivity contribution in [1.82, 2.24) is 4.57 Å². The predicted octanol–water partition coefficient (Wildman–Crippen LogP) is 1.24. The number of imidazole rings is 1. The maximum Gasteiger partial charge on any atom is 0.244 e. The molecule has 0 saturated carbocycles. The zero-order chi connectivity index (χ0) is 15.6. The van der Waals surface area contributed by atoms with Crippen molar-refractivity contribution < 1.29 is 14.5 Å². The molecule has 0 aliphatic heterocycles. The zero-order valence-electron chi connectivity index (χ0n) is 12.2. The predicted molar refractivity (Wildman–Crippen MR) is 81.8 cm³/mol. The highest BCUT2D eigenvalue weighted by atomic mass is 16.3. The summed E-state index contributed by atoms with van der Waals surface area (Å²) in [6.07, 6.45) is 6.39. The van der Waals surface area contributed by atoms with Gasteiger partial charge in [0, 0.05) is 6.47 Å². The van der Waals surface area contributed by atoms with Crippen molar-refractivity contribution in [3.63, 3.8) is 0 Å². The van der Waals surface area contributed by atoms with Gasteiger partial charge in [-0.3, -0.25) is 0 Å². The van der Waals surface area contributed by atoms with Crippen LogP contribution in [0.5, 0.6) is 0 Å². The van der Waals surface area contributed by atoms with Crippen LogP contribution in [0.3, 0.4) is 0 Å². The molecule has 0 atom stereocenters. The smallest absolute Gasteiger partial charge is 0.244 e. The molecular formula is C18H18N2O2.